The van der Waals surface area contributed by atoms with Gasteiger partial charge in [-0.15, -0.1) is 10.2 Å². The molecule has 6 heteroatoms. The molecule has 0 unspecified atom stereocenters. The molecule has 6 rings (SSSR count). The highest BCUT2D eigenvalue weighted by atomic mass is 32.2. The van der Waals surface area contributed by atoms with Gasteiger partial charge in [0, 0.05) is 11.5 Å². The first-order chi connectivity index (χ1) is 13.1. The zero-order chi connectivity index (χ0) is 18.4. The lowest BCUT2D eigenvalue weighted by Gasteiger charge is -2.55. The summed E-state index contributed by atoms with van der Waals surface area (Å²) in [5.41, 5.74) is 0.139. The number of aromatic nitrogens is 2. The van der Waals surface area contributed by atoms with E-state index in [0.29, 0.717) is 22.9 Å². The van der Waals surface area contributed by atoms with Gasteiger partial charge in [-0.25, -0.2) is 0 Å². The molecule has 4 bridgehead atoms. The second-order valence-electron chi connectivity index (χ2n) is 9.80. The van der Waals surface area contributed by atoms with Crippen LogP contribution < -0.4 is 5.32 Å². The van der Waals surface area contributed by atoms with Gasteiger partial charge in [0.05, 0.1) is 5.75 Å². The fourth-order valence-corrected chi connectivity index (χ4v) is 7.34. The second-order valence-corrected chi connectivity index (χ2v) is 10.7. The molecular weight excluding hydrogens is 358 g/mol. The van der Waals surface area contributed by atoms with Crippen molar-refractivity contribution in [1.29, 1.82) is 0 Å². The van der Waals surface area contributed by atoms with Gasteiger partial charge in [-0.2, -0.15) is 0 Å². The fourth-order valence-electron chi connectivity index (χ4n) is 6.76. The number of nitrogens with one attached hydrogen (secondary N) is 1. The lowest BCUT2D eigenvalue weighted by molar-refractivity contribution is -0.119. The SMILES string of the molecule is C[C@@H]1CCCC[C@@H]1NC(=O)CSc1nnc(C23CC4CC(CC(C4)C2)C3)o1. The number of hydrogen-bond acceptors (Lipinski definition) is 5. The van der Waals surface area contributed by atoms with Crippen LogP contribution in [0.15, 0.2) is 9.64 Å². The van der Waals surface area contributed by atoms with Crippen molar-refractivity contribution in [2.24, 2.45) is 23.7 Å². The van der Waals surface area contributed by atoms with Crippen molar-refractivity contribution < 1.29 is 9.21 Å². The molecule has 5 aliphatic carbocycles. The highest BCUT2D eigenvalue weighted by molar-refractivity contribution is 7.99. The first-order valence-electron chi connectivity index (χ1n) is 10.9. The maximum Gasteiger partial charge on any atom is 0.277 e. The minimum Gasteiger partial charge on any atom is -0.415 e. The number of hydrogen-bond donors (Lipinski definition) is 1. The lowest BCUT2D eigenvalue weighted by atomic mass is 9.49. The highest BCUT2D eigenvalue weighted by Gasteiger charge is 2.54. The van der Waals surface area contributed by atoms with Crippen LogP contribution in [0.4, 0.5) is 0 Å². The Morgan fingerprint density at radius 3 is 2.44 bits per heavy atom. The molecule has 0 aliphatic heterocycles. The third kappa shape index (κ3) is 3.54. The van der Waals surface area contributed by atoms with E-state index >= 15 is 0 Å². The van der Waals surface area contributed by atoms with Crippen LogP contribution in [-0.2, 0) is 10.2 Å². The molecule has 0 spiro atoms. The van der Waals surface area contributed by atoms with Crippen molar-refractivity contribution in [2.45, 2.75) is 87.8 Å². The lowest BCUT2D eigenvalue weighted by Crippen LogP contribution is -2.48. The van der Waals surface area contributed by atoms with Crippen LogP contribution in [0, 0.1) is 23.7 Å². The monoisotopic (exact) mass is 389 g/mol. The summed E-state index contributed by atoms with van der Waals surface area (Å²) in [6.07, 6.45) is 12.8. The Balaban J connectivity index is 1.18. The first kappa shape index (κ1) is 18.0. The van der Waals surface area contributed by atoms with Crippen molar-refractivity contribution >= 4 is 17.7 Å². The molecular formula is C21H31N3O2S. The van der Waals surface area contributed by atoms with Gasteiger partial charge in [-0.1, -0.05) is 31.5 Å². The first-order valence-corrected chi connectivity index (χ1v) is 11.8. The second kappa shape index (κ2) is 7.09. The summed E-state index contributed by atoms with van der Waals surface area (Å²) in [7, 11) is 0. The van der Waals surface area contributed by atoms with Gasteiger partial charge >= 0.3 is 0 Å². The Morgan fingerprint density at radius 2 is 1.78 bits per heavy atom. The van der Waals surface area contributed by atoms with Crippen LogP contribution in [0.5, 0.6) is 0 Å². The van der Waals surface area contributed by atoms with Crippen LogP contribution in [0.3, 0.4) is 0 Å². The number of carbonyl (C=O) groups excluding carboxylic acids is 1. The zero-order valence-corrected chi connectivity index (χ0v) is 17.1. The summed E-state index contributed by atoms with van der Waals surface area (Å²) in [5.74, 6) is 4.48. The summed E-state index contributed by atoms with van der Waals surface area (Å²) in [5, 5.41) is 12.5. The minimum atomic E-state index is 0.0910. The highest BCUT2D eigenvalue weighted by Crippen LogP contribution is 2.60. The van der Waals surface area contributed by atoms with E-state index in [0.717, 1.165) is 30.1 Å². The molecule has 0 radical (unpaired) electrons. The number of carbonyl (C=O) groups is 1. The molecule has 1 aromatic heterocycles. The predicted octanol–water partition coefficient (Wildman–Crippen LogP) is 4.32. The van der Waals surface area contributed by atoms with E-state index in [4.69, 9.17) is 4.42 Å². The summed E-state index contributed by atoms with van der Waals surface area (Å²) < 4.78 is 6.09. The third-order valence-corrected chi connectivity index (χ3v) is 8.50. The molecule has 1 amide bonds. The smallest absolute Gasteiger partial charge is 0.277 e. The van der Waals surface area contributed by atoms with E-state index in [1.54, 1.807) is 0 Å². The molecule has 5 fully saturated rings. The van der Waals surface area contributed by atoms with Crippen molar-refractivity contribution in [3.63, 3.8) is 0 Å². The minimum absolute atomic E-state index is 0.0910. The van der Waals surface area contributed by atoms with E-state index in [1.165, 1.54) is 69.5 Å². The van der Waals surface area contributed by atoms with Crippen molar-refractivity contribution in [3.8, 4) is 0 Å². The Bertz CT molecular complexity index is 668. The Kier molecular flexibility index (Phi) is 4.73. The summed E-state index contributed by atoms with van der Waals surface area (Å²) in [4.78, 5) is 12.3. The van der Waals surface area contributed by atoms with Gasteiger partial charge in [0.1, 0.15) is 0 Å². The summed E-state index contributed by atoms with van der Waals surface area (Å²) in [6.45, 7) is 2.24. The van der Waals surface area contributed by atoms with Crippen LogP contribution in [0.2, 0.25) is 0 Å². The molecule has 5 aliphatic rings. The zero-order valence-electron chi connectivity index (χ0n) is 16.3. The summed E-state index contributed by atoms with van der Waals surface area (Å²) >= 11 is 1.39. The van der Waals surface area contributed by atoms with Crippen molar-refractivity contribution in [3.05, 3.63) is 5.89 Å². The van der Waals surface area contributed by atoms with Gasteiger partial charge in [-0.3, -0.25) is 4.79 Å². The van der Waals surface area contributed by atoms with Gasteiger partial charge in [0.25, 0.3) is 5.22 Å². The number of nitrogens with zero attached hydrogens (tertiary/aromatic N) is 2. The Labute approximate surface area is 165 Å². The Morgan fingerprint density at radius 1 is 1.11 bits per heavy atom. The molecule has 1 aromatic rings. The maximum atomic E-state index is 12.3. The van der Waals surface area contributed by atoms with Crippen molar-refractivity contribution in [1.82, 2.24) is 15.5 Å². The number of thioether (sulfide) groups is 1. The molecule has 27 heavy (non-hydrogen) atoms. The Hall–Kier alpha value is -1.04. The van der Waals surface area contributed by atoms with E-state index in [-0.39, 0.29) is 11.3 Å². The average molecular weight is 390 g/mol. The molecule has 148 valence electrons. The largest absolute Gasteiger partial charge is 0.415 e. The van der Waals surface area contributed by atoms with Crippen LogP contribution in [0.25, 0.3) is 0 Å². The summed E-state index contributed by atoms with van der Waals surface area (Å²) in [6, 6.07) is 0.331. The topological polar surface area (TPSA) is 68.0 Å². The third-order valence-electron chi connectivity index (χ3n) is 7.68. The molecule has 1 N–H and O–H groups in total. The van der Waals surface area contributed by atoms with E-state index in [9.17, 15) is 4.79 Å². The van der Waals surface area contributed by atoms with Gasteiger partial charge < -0.3 is 9.73 Å². The molecule has 0 aromatic carbocycles. The van der Waals surface area contributed by atoms with E-state index in [1.807, 2.05) is 0 Å². The predicted molar refractivity (Wildman–Crippen MR) is 104 cm³/mol. The molecule has 5 nitrogen and oxygen atoms in total. The fraction of sp³-hybridized carbons (Fsp3) is 0.857. The quantitative estimate of drug-likeness (QED) is 0.760. The van der Waals surface area contributed by atoms with Crippen LogP contribution in [0.1, 0.15) is 77.0 Å². The standard InChI is InChI=1S/C21H31N3O2S/c1-13-4-2-3-5-17(13)22-18(25)12-27-20-24-23-19(26-20)21-9-14-6-15(10-21)8-16(7-14)11-21/h13-17H,2-12H2,1H3,(H,22,25)/t13-,14?,15?,16?,17+,21?/m1/s1. The molecule has 2 atom stereocenters. The van der Waals surface area contributed by atoms with Crippen LogP contribution >= 0.6 is 11.8 Å². The molecule has 1 heterocycles. The van der Waals surface area contributed by atoms with Gasteiger partial charge in [-0.05, 0) is 75.0 Å². The van der Waals surface area contributed by atoms with Gasteiger partial charge in [0.15, 0.2) is 0 Å². The van der Waals surface area contributed by atoms with E-state index < -0.39 is 0 Å². The van der Waals surface area contributed by atoms with E-state index in [2.05, 4.69) is 22.4 Å². The number of rotatable bonds is 5. The van der Waals surface area contributed by atoms with Gasteiger partial charge in [0.2, 0.25) is 11.8 Å². The average Bonchev–Trinajstić information content (AvgIpc) is 3.11. The molecule has 5 saturated carbocycles. The maximum absolute atomic E-state index is 12.3. The molecule has 0 saturated heterocycles. The normalized spacial score (nSPS) is 40.3. The number of amides is 1. The van der Waals surface area contributed by atoms with Crippen molar-refractivity contribution in [2.75, 3.05) is 5.75 Å². The van der Waals surface area contributed by atoms with Crippen LogP contribution in [-0.4, -0.2) is 27.9 Å².